The molecular formula is C37H42FN3O6S. The Morgan fingerprint density at radius 1 is 0.854 bits per heavy atom. The van der Waals surface area contributed by atoms with E-state index in [-0.39, 0.29) is 40.8 Å². The molecule has 0 aliphatic carbocycles. The Hall–Kier alpha value is -4.90. The molecule has 1 atom stereocenters. The van der Waals surface area contributed by atoms with E-state index in [0.717, 1.165) is 15.4 Å². The van der Waals surface area contributed by atoms with Crippen LogP contribution in [0.5, 0.6) is 11.5 Å². The number of halogens is 1. The van der Waals surface area contributed by atoms with Gasteiger partial charge in [-0.05, 0) is 48.7 Å². The Bertz CT molecular complexity index is 1800. The molecule has 0 fully saturated rings. The van der Waals surface area contributed by atoms with E-state index in [2.05, 4.69) is 5.32 Å². The van der Waals surface area contributed by atoms with Gasteiger partial charge in [0.2, 0.25) is 11.8 Å². The zero-order valence-electron chi connectivity index (χ0n) is 27.9. The first-order valence-corrected chi connectivity index (χ1v) is 17.0. The Kier molecular flexibility index (Phi) is 12.2. The van der Waals surface area contributed by atoms with Crippen molar-refractivity contribution < 1.29 is 31.9 Å². The highest BCUT2D eigenvalue weighted by Gasteiger charge is 2.35. The summed E-state index contributed by atoms with van der Waals surface area (Å²) in [6, 6.07) is 25.0. The van der Waals surface area contributed by atoms with Crippen molar-refractivity contribution in [1.29, 1.82) is 0 Å². The average Bonchev–Trinajstić information content (AvgIpc) is 3.08. The Morgan fingerprint density at radius 2 is 1.50 bits per heavy atom. The van der Waals surface area contributed by atoms with Gasteiger partial charge in [-0.1, -0.05) is 80.1 Å². The van der Waals surface area contributed by atoms with Crippen LogP contribution in [0.1, 0.15) is 30.5 Å². The highest BCUT2D eigenvalue weighted by molar-refractivity contribution is 7.92. The average molecular weight is 676 g/mol. The van der Waals surface area contributed by atoms with E-state index in [4.69, 9.17) is 9.47 Å². The van der Waals surface area contributed by atoms with Gasteiger partial charge in [-0.15, -0.1) is 0 Å². The summed E-state index contributed by atoms with van der Waals surface area (Å²) in [4.78, 5) is 29.6. The first kappa shape index (κ1) is 35.9. The number of carbonyl (C=O) groups is 2. The maximum Gasteiger partial charge on any atom is 0.264 e. The van der Waals surface area contributed by atoms with Crippen LogP contribution < -0.4 is 19.1 Å². The molecule has 0 aliphatic heterocycles. The van der Waals surface area contributed by atoms with Gasteiger partial charge in [0, 0.05) is 31.1 Å². The molecule has 0 saturated heterocycles. The summed E-state index contributed by atoms with van der Waals surface area (Å²) in [5.41, 5.74) is 2.09. The molecule has 1 unspecified atom stereocenters. The van der Waals surface area contributed by atoms with Crippen LogP contribution >= 0.6 is 0 Å². The molecule has 4 aromatic carbocycles. The molecule has 0 aromatic heterocycles. The van der Waals surface area contributed by atoms with Crippen LogP contribution in [0.4, 0.5) is 10.1 Å². The molecule has 9 nitrogen and oxygen atoms in total. The van der Waals surface area contributed by atoms with Gasteiger partial charge < -0.3 is 19.7 Å². The zero-order valence-corrected chi connectivity index (χ0v) is 28.7. The molecular weight excluding hydrogens is 633 g/mol. The van der Waals surface area contributed by atoms with E-state index in [0.29, 0.717) is 12.3 Å². The molecule has 2 amide bonds. The molecule has 1 N–H and O–H groups in total. The maximum absolute atomic E-state index is 15.1. The van der Waals surface area contributed by atoms with E-state index in [9.17, 15) is 18.0 Å². The normalized spacial score (nSPS) is 11.9. The number of anilines is 1. The lowest BCUT2D eigenvalue weighted by Gasteiger charge is -2.34. The largest absolute Gasteiger partial charge is 0.493 e. The van der Waals surface area contributed by atoms with Crippen LogP contribution in [0.25, 0.3) is 0 Å². The SMILES string of the molecule is COc1ccc(S(=O)(=O)N(CC(=O)N(Cc2ccccc2F)C(Cc2ccccc2)C(=O)NCC(C)C)c2ccc(C)cc2)cc1OC. The number of carbonyl (C=O) groups excluding carboxylic acids is 2. The minimum atomic E-state index is -4.38. The van der Waals surface area contributed by atoms with E-state index in [1.165, 1.54) is 49.5 Å². The van der Waals surface area contributed by atoms with Gasteiger partial charge in [-0.2, -0.15) is 0 Å². The fraction of sp³-hybridized carbons (Fsp3) is 0.297. The molecule has 0 radical (unpaired) electrons. The van der Waals surface area contributed by atoms with Gasteiger partial charge >= 0.3 is 0 Å². The molecule has 0 spiro atoms. The number of aryl methyl sites for hydroxylation is 1. The smallest absolute Gasteiger partial charge is 0.264 e. The van der Waals surface area contributed by atoms with Crippen molar-refractivity contribution in [2.24, 2.45) is 5.92 Å². The molecule has 0 heterocycles. The number of methoxy groups -OCH3 is 2. The van der Waals surface area contributed by atoms with Crippen LogP contribution in [-0.2, 0) is 32.6 Å². The Labute approximate surface area is 282 Å². The monoisotopic (exact) mass is 675 g/mol. The molecule has 0 bridgehead atoms. The summed E-state index contributed by atoms with van der Waals surface area (Å²) in [6.07, 6.45) is 0.123. The second-order valence-electron chi connectivity index (χ2n) is 11.8. The van der Waals surface area contributed by atoms with Crippen molar-refractivity contribution in [3.05, 3.63) is 120 Å². The number of sulfonamides is 1. The first-order valence-electron chi connectivity index (χ1n) is 15.6. The van der Waals surface area contributed by atoms with Crippen molar-refractivity contribution in [3.63, 3.8) is 0 Å². The van der Waals surface area contributed by atoms with Crippen LogP contribution in [-0.4, -0.2) is 58.5 Å². The maximum atomic E-state index is 15.1. The second kappa shape index (κ2) is 16.3. The molecule has 48 heavy (non-hydrogen) atoms. The van der Waals surface area contributed by atoms with E-state index in [1.807, 2.05) is 51.1 Å². The van der Waals surface area contributed by atoms with Gasteiger partial charge in [0.1, 0.15) is 18.4 Å². The summed E-state index contributed by atoms with van der Waals surface area (Å²) in [7, 11) is -1.55. The lowest BCUT2D eigenvalue weighted by Crippen LogP contribution is -2.53. The van der Waals surface area contributed by atoms with Crippen molar-refractivity contribution in [2.45, 2.75) is 44.7 Å². The van der Waals surface area contributed by atoms with Crippen molar-refractivity contribution in [1.82, 2.24) is 10.2 Å². The predicted octanol–water partition coefficient (Wildman–Crippen LogP) is 5.76. The Balaban J connectivity index is 1.83. The number of rotatable bonds is 15. The number of hydrogen-bond acceptors (Lipinski definition) is 6. The molecule has 4 rings (SSSR count). The zero-order chi connectivity index (χ0) is 34.8. The third kappa shape index (κ3) is 8.92. The number of benzene rings is 4. The highest BCUT2D eigenvalue weighted by Crippen LogP contribution is 2.32. The topological polar surface area (TPSA) is 105 Å². The third-order valence-electron chi connectivity index (χ3n) is 7.80. The van der Waals surface area contributed by atoms with Gasteiger partial charge in [0.05, 0.1) is 24.8 Å². The number of nitrogens with one attached hydrogen (secondary N) is 1. The molecule has 254 valence electrons. The summed E-state index contributed by atoms with van der Waals surface area (Å²) < 4.78 is 55.4. The predicted molar refractivity (Wildman–Crippen MR) is 184 cm³/mol. The molecule has 11 heteroatoms. The van der Waals surface area contributed by atoms with Gasteiger partial charge in [0.15, 0.2) is 11.5 Å². The third-order valence-corrected chi connectivity index (χ3v) is 9.57. The summed E-state index contributed by atoms with van der Waals surface area (Å²) in [5, 5.41) is 2.92. The number of nitrogens with zero attached hydrogens (tertiary/aromatic N) is 2. The lowest BCUT2D eigenvalue weighted by atomic mass is 10.0. The van der Waals surface area contributed by atoms with Crippen LogP contribution in [0.2, 0.25) is 0 Å². The highest BCUT2D eigenvalue weighted by atomic mass is 32.2. The van der Waals surface area contributed by atoms with Crippen LogP contribution in [0, 0.1) is 18.7 Å². The van der Waals surface area contributed by atoms with Gasteiger partial charge in [-0.25, -0.2) is 12.8 Å². The molecule has 0 saturated carbocycles. The van der Waals surface area contributed by atoms with E-state index < -0.39 is 40.2 Å². The summed E-state index contributed by atoms with van der Waals surface area (Å²) >= 11 is 0. The summed E-state index contributed by atoms with van der Waals surface area (Å²) in [6.45, 7) is 5.19. The van der Waals surface area contributed by atoms with Crippen LogP contribution in [0.15, 0.2) is 102 Å². The van der Waals surface area contributed by atoms with Gasteiger partial charge in [0.25, 0.3) is 10.0 Å². The molecule has 4 aromatic rings. The quantitative estimate of drug-likeness (QED) is 0.172. The first-order chi connectivity index (χ1) is 22.9. The van der Waals surface area contributed by atoms with Crippen molar-refractivity contribution in [3.8, 4) is 11.5 Å². The van der Waals surface area contributed by atoms with Crippen molar-refractivity contribution in [2.75, 3.05) is 31.6 Å². The van der Waals surface area contributed by atoms with Crippen LogP contribution in [0.3, 0.4) is 0 Å². The number of ether oxygens (including phenoxy) is 2. The number of hydrogen-bond donors (Lipinski definition) is 1. The molecule has 0 aliphatic rings. The summed E-state index contributed by atoms with van der Waals surface area (Å²) in [5.74, 6) is -1.01. The van der Waals surface area contributed by atoms with E-state index in [1.54, 1.807) is 36.4 Å². The second-order valence-corrected chi connectivity index (χ2v) is 13.7. The minimum Gasteiger partial charge on any atom is -0.493 e. The fourth-order valence-electron chi connectivity index (χ4n) is 5.13. The minimum absolute atomic E-state index is 0.123. The van der Waals surface area contributed by atoms with Crippen molar-refractivity contribution >= 4 is 27.5 Å². The number of amides is 2. The Morgan fingerprint density at radius 3 is 2.12 bits per heavy atom. The van der Waals surface area contributed by atoms with E-state index >= 15 is 4.39 Å². The fourth-order valence-corrected chi connectivity index (χ4v) is 6.56. The lowest BCUT2D eigenvalue weighted by molar-refractivity contribution is -0.140. The standard InChI is InChI=1S/C37H42FN3O6S/c1-26(2)23-39-37(43)33(21-28-11-7-6-8-12-28)40(24-29-13-9-10-14-32(29)38)36(42)25-41(30-17-15-27(3)16-18-30)48(44,45)31-19-20-34(46-4)35(22-31)47-5/h6-20,22,26,33H,21,23-25H2,1-5H3,(H,39,43). The van der Waals surface area contributed by atoms with Gasteiger partial charge in [-0.3, -0.25) is 13.9 Å².